The first-order valence-corrected chi connectivity index (χ1v) is 8.00. The molecule has 1 heterocycles. The van der Waals surface area contributed by atoms with E-state index in [2.05, 4.69) is 45.9 Å². The number of hydrogen-bond donors (Lipinski definition) is 1. The van der Waals surface area contributed by atoms with Gasteiger partial charge in [0.15, 0.2) is 0 Å². The molecule has 0 spiro atoms. The first-order chi connectivity index (χ1) is 11.3. The summed E-state index contributed by atoms with van der Waals surface area (Å²) in [6.45, 7) is 9.22. The van der Waals surface area contributed by atoms with Crippen LogP contribution in [0.1, 0.15) is 37.5 Å². The van der Waals surface area contributed by atoms with Crippen LogP contribution in [0.15, 0.2) is 54.2 Å². The van der Waals surface area contributed by atoms with Crippen molar-refractivity contribution < 1.29 is 14.6 Å². The molecule has 0 atom stereocenters. The minimum absolute atomic E-state index is 0.0382. The van der Waals surface area contributed by atoms with Crippen molar-refractivity contribution in [1.29, 1.82) is 0 Å². The summed E-state index contributed by atoms with van der Waals surface area (Å²) in [5.41, 5.74) is 4.69. The molecule has 1 aliphatic heterocycles. The second-order valence-corrected chi connectivity index (χ2v) is 6.93. The summed E-state index contributed by atoms with van der Waals surface area (Å²) in [6, 6.07) is 4.34. The first-order valence-electron chi connectivity index (χ1n) is 8.00. The zero-order chi connectivity index (χ0) is 17.7. The summed E-state index contributed by atoms with van der Waals surface area (Å²) < 4.78 is 6.02. The lowest BCUT2D eigenvalue weighted by atomic mass is 9.83. The number of benzene rings is 1. The molecule has 0 amide bonds. The number of allylic oxidation sites excluding steroid dienone is 4. The third kappa shape index (κ3) is 4.72. The summed E-state index contributed by atoms with van der Waals surface area (Å²) in [7, 11) is 0. The number of aryl methyl sites for hydroxylation is 1. The van der Waals surface area contributed by atoms with E-state index in [1.807, 2.05) is 12.2 Å². The minimum Gasteiger partial charge on any atom is -0.488 e. The fraction of sp³-hybridized carbons (Fsp3) is 0.286. The highest BCUT2D eigenvalue weighted by molar-refractivity contribution is 5.80. The van der Waals surface area contributed by atoms with Crippen molar-refractivity contribution >= 4 is 12.0 Å². The molecule has 1 N–H and O–H groups in total. The Hall–Kier alpha value is -2.55. The quantitative estimate of drug-likeness (QED) is 0.638. The Balaban J connectivity index is 2.21. The van der Waals surface area contributed by atoms with Gasteiger partial charge in [0, 0.05) is 17.2 Å². The lowest BCUT2D eigenvalue weighted by Gasteiger charge is -2.27. The molecule has 0 radical (unpaired) electrons. The number of carboxylic acid groups (broad SMARTS) is 1. The van der Waals surface area contributed by atoms with Gasteiger partial charge in [0.2, 0.25) is 0 Å². The highest BCUT2D eigenvalue weighted by Gasteiger charge is 2.23. The van der Waals surface area contributed by atoms with Crippen molar-refractivity contribution in [2.45, 2.75) is 33.1 Å². The molecule has 0 fully saturated rings. The van der Waals surface area contributed by atoms with Gasteiger partial charge in [-0.15, -0.1) is 0 Å². The van der Waals surface area contributed by atoms with Crippen LogP contribution in [0.2, 0.25) is 0 Å². The van der Waals surface area contributed by atoms with Crippen LogP contribution in [0.5, 0.6) is 5.75 Å². The van der Waals surface area contributed by atoms with Crippen LogP contribution in [0, 0.1) is 6.92 Å². The van der Waals surface area contributed by atoms with E-state index in [0.29, 0.717) is 6.61 Å². The van der Waals surface area contributed by atoms with Crippen LogP contribution in [0.4, 0.5) is 0 Å². The molecule has 0 aliphatic carbocycles. The zero-order valence-electron chi connectivity index (χ0n) is 14.7. The summed E-state index contributed by atoms with van der Waals surface area (Å²) in [4.78, 5) is 10.4. The van der Waals surface area contributed by atoms with Crippen LogP contribution in [0.3, 0.4) is 0 Å². The van der Waals surface area contributed by atoms with E-state index in [1.165, 1.54) is 17.2 Å². The number of carbonyl (C=O) groups is 1. The van der Waals surface area contributed by atoms with E-state index >= 15 is 0 Å². The molecule has 24 heavy (non-hydrogen) atoms. The second kappa shape index (κ2) is 7.35. The lowest BCUT2D eigenvalue weighted by molar-refractivity contribution is -0.131. The van der Waals surface area contributed by atoms with Crippen LogP contribution in [-0.4, -0.2) is 17.7 Å². The molecule has 3 heteroatoms. The van der Waals surface area contributed by atoms with Crippen LogP contribution in [-0.2, 0) is 10.2 Å². The van der Waals surface area contributed by atoms with E-state index in [-0.39, 0.29) is 5.41 Å². The van der Waals surface area contributed by atoms with Crippen molar-refractivity contribution in [2.75, 3.05) is 6.61 Å². The molecule has 1 aromatic rings. The highest BCUT2D eigenvalue weighted by Crippen LogP contribution is 2.38. The Morgan fingerprint density at radius 2 is 1.88 bits per heavy atom. The maximum absolute atomic E-state index is 10.4. The number of fused-ring (bicyclic) bond motifs is 1. The van der Waals surface area contributed by atoms with Gasteiger partial charge >= 0.3 is 5.97 Å². The Kier molecular flexibility index (Phi) is 5.45. The molecule has 0 aromatic heterocycles. The van der Waals surface area contributed by atoms with Crippen LogP contribution < -0.4 is 4.74 Å². The van der Waals surface area contributed by atoms with Gasteiger partial charge in [0.25, 0.3) is 0 Å². The average molecular weight is 324 g/mol. The highest BCUT2D eigenvalue weighted by atomic mass is 16.5. The van der Waals surface area contributed by atoms with Crippen molar-refractivity contribution in [3.63, 3.8) is 0 Å². The topological polar surface area (TPSA) is 46.5 Å². The third-order valence-corrected chi connectivity index (χ3v) is 3.68. The van der Waals surface area contributed by atoms with Crippen molar-refractivity contribution in [1.82, 2.24) is 0 Å². The monoisotopic (exact) mass is 324 g/mol. The summed E-state index contributed by atoms with van der Waals surface area (Å²) in [5, 5.41) is 8.50. The van der Waals surface area contributed by atoms with Gasteiger partial charge in [0.1, 0.15) is 12.4 Å². The van der Waals surface area contributed by atoms with E-state index < -0.39 is 5.97 Å². The molecular weight excluding hydrogens is 300 g/mol. The molecule has 0 saturated carbocycles. The van der Waals surface area contributed by atoms with Gasteiger partial charge in [-0.1, -0.05) is 57.2 Å². The number of ether oxygens (including phenoxy) is 1. The molecule has 1 aliphatic rings. The Morgan fingerprint density at radius 1 is 1.17 bits per heavy atom. The van der Waals surface area contributed by atoms with Gasteiger partial charge in [-0.3, -0.25) is 0 Å². The third-order valence-electron chi connectivity index (χ3n) is 3.68. The standard InChI is InChI=1S/C21H24O3/c1-15-11-17-13-16(9-7-5-6-8-10-19(22)23)14-24-20(17)18(12-15)21(2,3)4/h5-13H,14H2,1-4H3,(H,22,23). The predicted molar refractivity (Wildman–Crippen MR) is 98.4 cm³/mol. The fourth-order valence-corrected chi connectivity index (χ4v) is 2.57. The average Bonchev–Trinajstić information content (AvgIpc) is 2.48. The molecule has 0 unspecified atom stereocenters. The van der Waals surface area contributed by atoms with E-state index in [0.717, 1.165) is 23.0 Å². The Bertz CT molecular complexity index is 741. The Labute approximate surface area is 143 Å². The van der Waals surface area contributed by atoms with E-state index in [1.54, 1.807) is 12.2 Å². The van der Waals surface area contributed by atoms with Crippen LogP contribution in [0.25, 0.3) is 6.08 Å². The zero-order valence-corrected chi connectivity index (χ0v) is 14.7. The van der Waals surface area contributed by atoms with Gasteiger partial charge in [-0.05, 0) is 35.6 Å². The van der Waals surface area contributed by atoms with Crippen LogP contribution >= 0.6 is 0 Å². The minimum atomic E-state index is -0.950. The first kappa shape index (κ1) is 17.8. The van der Waals surface area contributed by atoms with Crippen molar-refractivity contribution in [3.05, 3.63) is 70.9 Å². The predicted octanol–water partition coefficient (Wildman–Crippen LogP) is 4.82. The molecule has 0 bridgehead atoms. The lowest BCUT2D eigenvalue weighted by Crippen LogP contribution is -2.17. The molecule has 1 aromatic carbocycles. The summed E-state index contributed by atoms with van der Waals surface area (Å²) >= 11 is 0. The SMILES string of the molecule is Cc1cc2c(c(C(C)(C)C)c1)OCC(C=CC=CC=CC(=O)O)=C2. The maximum atomic E-state index is 10.4. The number of hydrogen-bond acceptors (Lipinski definition) is 2. The number of rotatable bonds is 4. The van der Waals surface area contributed by atoms with Gasteiger partial charge in [0.05, 0.1) is 0 Å². The van der Waals surface area contributed by atoms with Crippen molar-refractivity contribution in [2.24, 2.45) is 0 Å². The van der Waals surface area contributed by atoms with E-state index in [4.69, 9.17) is 9.84 Å². The van der Waals surface area contributed by atoms with Gasteiger partial charge in [-0.2, -0.15) is 0 Å². The van der Waals surface area contributed by atoms with Gasteiger partial charge in [-0.25, -0.2) is 4.79 Å². The maximum Gasteiger partial charge on any atom is 0.328 e. The second-order valence-electron chi connectivity index (χ2n) is 6.93. The Morgan fingerprint density at radius 3 is 2.54 bits per heavy atom. The molecular formula is C21H24O3. The molecule has 0 saturated heterocycles. The molecule has 126 valence electrons. The smallest absolute Gasteiger partial charge is 0.328 e. The summed E-state index contributed by atoms with van der Waals surface area (Å²) in [5.74, 6) is 0.0267. The number of aliphatic carboxylic acids is 1. The number of carboxylic acids is 1. The molecule has 2 rings (SSSR count). The van der Waals surface area contributed by atoms with Gasteiger partial charge < -0.3 is 9.84 Å². The molecule has 3 nitrogen and oxygen atoms in total. The van der Waals surface area contributed by atoms with Crippen molar-refractivity contribution in [3.8, 4) is 5.75 Å². The largest absolute Gasteiger partial charge is 0.488 e. The van der Waals surface area contributed by atoms with E-state index in [9.17, 15) is 4.79 Å². The normalized spacial score (nSPS) is 14.9. The fourth-order valence-electron chi connectivity index (χ4n) is 2.57. The summed E-state index contributed by atoms with van der Waals surface area (Å²) in [6.07, 6.45) is 12.1.